The van der Waals surface area contributed by atoms with E-state index in [1.807, 2.05) is 6.92 Å². The predicted octanol–water partition coefficient (Wildman–Crippen LogP) is 2.81. The molecule has 0 aliphatic heterocycles. The summed E-state index contributed by atoms with van der Waals surface area (Å²) in [6.45, 7) is 11.6. The Morgan fingerprint density at radius 2 is 1.32 bits per heavy atom. The fraction of sp³-hybridized carbons (Fsp3) is 0.828. The van der Waals surface area contributed by atoms with Crippen LogP contribution in [-0.2, 0) is 28.7 Å². The van der Waals surface area contributed by atoms with Crippen molar-refractivity contribution < 1.29 is 33.4 Å². The Balaban J connectivity index is 1.78. The molecule has 0 spiro atoms. The molecule has 0 saturated heterocycles. The minimum atomic E-state index is -0.737. The number of rotatable bonds is 13. The highest BCUT2D eigenvalue weighted by Crippen LogP contribution is 2.32. The fourth-order valence-electron chi connectivity index (χ4n) is 5.37. The van der Waals surface area contributed by atoms with Crippen molar-refractivity contribution in [2.45, 2.75) is 111 Å². The minimum absolute atomic E-state index is 0.0214. The van der Waals surface area contributed by atoms with Gasteiger partial charge in [0.15, 0.2) is 0 Å². The molecule has 0 radical (unpaired) electrons. The highest BCUT2D eigenvalue weighted by Gasteiger charge is 2.36. The first-order valence-corrected chi connectivity index (χ1v) is 14.8. The highest BCUT2D eigenvalue weighted by molar-refractivity contribution is 5.89. The van der Waals surface area contributed by atoms with Crippen LogP contribution in [0, 0.1) is 23.7 Å². The molecule has 6 atom stereocenters. The van der Waals surface area contributed by atoms with Crippen LogP contribution in [0.2, 0.25) is 0 Å². The van der Waals surface area contributed by atoms with Crippen molar-refractivity contribution in [2.24, 2.45) is 23.7 Å². The van der Waals surface area contributed by atoms with E-state index in [0.29, 0.717) is 32.5 Å². The summed E-state index contributed by atoms with van der Waals surface area (Å²) in [6, 6.07) is -1.46. The van der Waals surface area contributed by atoms with Gasteiger partial charge in [-0.3, -0.25) is 14.4 Å². The lowest BCUT2D eigenvalue weighted by atomic mass is 9.94. The maximum absolute atomic E-state index is 13.0. The average Bonchev–Trinajstić information content (AvgIpc) is 3.54. The van der Waals surface area contributed by atoms with E-state index in [9.17, 15) is 24.0 Å². The number of esters is 1. The smallest absolute Gasteiger partial charge is 0.407 e. The lowest BCUT2D eigenvalue weighted by molar-refractivity contribution is -0.148. The fourth-order valence-corrected chi connectivity index (χ4v) is 5.37. The summed E-state index contributed by atoms with van der Waals surface area (Å²) in [5.74, 6) is -1.82. The summed E-state index contributed by atoms with van der Waals surface area (Å²) >= 11 is 0. The molecule has 11 heteroatoms. The number of hydrogen-bond acceptors (Lipinski definition) is 7. The van der Waals surface area contributed by atoms with Gasteiger partial charge in [-0.15, -0.1) is 0 Å². The quantitative estimate of drug-likeness (QED) is 0.198. The normalized spacial score (nSPS) is 23.9. The first-order valence-electron chi connectivity index (χ1n) is 14.8. The third kappa shape index (κ3) is 11.0. The number of carbonyl (C=O) groups excluding carboxylic acids is 5. The molecule has 0 aromatic heterocycles. The number of ether oxygens (including phenoxy) is 2. The van der Waals surface area contributed by atoms with Gasteiger partial charge in [-0.05, 0) is 78.6 Å². The van der Waals surface area contributed by atoms with E-state index in [1.165, 1.54) is 0 Å². The molecule has 0 aromatic rings. The summed E-state index contributed by atoms with van der Waals surface area (Å²) in [5.41, 5.74) is -0.595. The third-order valence-corrected chi connectivity index (χ3v) is 7.64. The van der Waals surface area contributed by atoms with Crippen LogP contribution < -0.4 is 21.3 Å². The van der Waals surface area contributed by atoms with Crippen molar-refractivity contribution in [1.82, 2.24) is 21.3 Å². The molecule has 2 rings (SSSR count). The Labute approximate surface area is 238 Å². The van der Waals surface area contributed by atoms with Crippen LogP contribution in [0.4, 0.5) is 4.79 Å². The summed E-state index contributed by atoms with van der Waals surface area (Å²) < 4.78 is 10.5. The standard InChI is InChI=1S/C29H50N4O7/c1-7-8-15-39-27(37)19(3)33-26(36)22-13-9-11-20(22)16-30-24(34)18(2)32-25(35)23-14-10-12-21(23)17-31-28(38)40-29(4,5)6/h18-23H,7-17H2,1-6H3,(H,30,34)(H,31,38)(H,32,35)(H,33,36)/t18-,19-,20+,21+,22-,23-/m1/s1. The van der Waals surface area contributed by atoms with Crippen molar-refractivity contribution >= 4 is 29.8 Å². The zero-order valence-corrected chi connectivity index (χ0v) is 25.1. The number of unbranched alkanes of at least 4 members (excludes halogenated alkanes) is 1. The van der Waals surface area contributed by atoms with Crippen LogP contribution in [0.1, 0.15) is 92.9 Å². The molecule has 0 aromatic carbocycles. The zero-order chi connectivity index (χ0) is 29.9. The van der Waals surface area contributed by atoms with Gasteiger partial charge in [0.05, 0.1) is 6.61 Å². The van der Waals surface area contributed by atoms with E-state index in [-0.39, 0.29) is 41.4 Å². The molecule has 2 aliphatic rings. The Morgan fingerprint density at radius 3 is 1.85 bits per heavy atom. The number of alkyl carbamates (subject to hydrolysis) is 1. The van der Waals surface area contributed by atoms with Crippen molar-refractivity contribution in [1.29, 1.82) is 0 Å². The van der Waals surface area contributed by atoms with Gasteiger partial charge >= 0.3 is 12.1 Å². The van der Waals surface area contributed by atoms with Crippen LogP contribution >= 0.6 is 0 Å². The van der Waals surface area contributed by atoms with E-state index >= 15 is 0 Å². The summed E-state index contributed by atoms with van der Waals surface area (Å²) in [6.07, 6.45) is 5.92. The van der Waals surface area contributed by atoms with E-state index in [4.69, 9.17) is 9.47 Å². The van der Waals surface area contributed by atoms with Crippen molar-refractivity contribution in [2.75, 3.05) is 19.7 Å². The van der Waals surface area contributed by atoms with Crippen LogP contribution in [0.5, 0.6) is 0 Å². The van der Waals surface area contributed by atoms with Gasteiger partial charge in [0.25, 0.3) is 0 Å². The van der Waals surface area contributed by atoms with Gasteiger partial charge in [0, 0.05) is 24.9 Å². The summed E-state index contributed by atoms with van der Waals surface area (Å²) in [7, 11) is 0. The van der Waals surface area contributed by atoms with E-state index in [2.05, 4.69) is 21.3 Å². The van der Waals surface area contributed by atoms with E-state index in [1.54, 1.807) is 34.6 Å². The van der Waals surface area contributed by atoms with E-state index < -0.39 is 29.7 Å². The van der Waals surface area contributed by atoms with E-state index in [0.717, 1.165) is 38.5 Å². The second-order valence-corrected chi connectivity index (χ2v) is 12.2. The monoisotopic (exact) mass is 566 g/mol. The van der Waals surface area contributed by atoms with Crippen LogP contribution in [0.25, 0.3) is 0 Å². The molecule has 0 heterocycles. The van der Waals surface area contributed by atoms with Crippen LogP contribution in [0.15, 0.2) is 0 Å². The molecule has 11 nitrogen and oxygen atoms in total. The first-order chi connectivity index (χ1) is 18.8. The predicted molar refractivity (Wildman–Crippen MR) is 150 cm³/mol. The first kappa shape index (κ1) is 33.4. The number of nitrogens with one attached hydrogen (secondary N) is 4. The molecule has 228 valence electrons. The number of carbonyl (C=O) groups is 5. The molecule has 2 fully saturated rings. The van der Waals surface area contributed by atoms with Gasteiger partial charge in [-0.2, -0.15) is 0 Å². The maximum Gasteiger partial charge on any atom is 0.407 e. The molecular weight excluding hydrogens is 516 g/mol. The van der Waals surface area contributed by atoms with Crippen molar-refractivity contribution in [3.05, 3.63) is 0 Å². The lowest BCUT2D eigenvalue weighted by Crippen LogP contribution is -2.49. The molecule has 2 saturated carbocycles. The molecule has 4 N–H and O–H groups in total. The van der Waals surface area contributed by atoms with Crippen molar-refractivity contribution in [3.8, 4) is 0 Å². The van der Waals surface area contributed by atoms with Crippen molar-refractivity contribution in [3.63, 3.8) is 0 Å². The second kappa shape index (κ2) is 15.8. The Bertz CT molecular complexity index is 888. The SMILES string of the molecule is CCCCOC(=O)[C@@H](C)NC(=O)[C@@H]1CCC[C@H]1CNC(=O)[C@@H](C)NC(=O)[C@@H]1CCC[C@H]1CNC(=O)OC(C)(C)C. The second-order valence-electron chi connectivity index (χ2n) is 12.2. The average molecular weight is 567 g/mol. The lowest BCUT2D eigenvalue weighted by Gasteiger charge is -2.24. The molecule has 0 bridgehead atoms. The highest BCUT2D eigenvalue weighted by atomic mass is 16.6. The van der Waals surface area contributed by atoms with Crippen LogP contribution in [0.3, 0.4) is 0 Å². The zero-order valence-electron chi connectivity index (χ0n) is 25.1. The third-order valence-electron chi connectivity index (χ3n) is 7.64. The maximum atomic E-state index is 13.0. The van der Waals surface area contributed by atoms with Gasteiger partial charge in [0.1, 0.15) is 17.7 Å². The van der Waals surface area contributed by atoms with Gasteiger partial charge < -0.3 is 30.7 Å². The minimum Gasteiger partial charge on any atom is -0.464 e. The Kier molecular flexibility index (Phi) is 13.2. The number of amides is 4. The largest absolute Gasteiger partial charge is 0.464 e. The topological polar surface area (TPSA) is 152 Å². The molecular formula is C29H50N4O7. The van der Waals surface area contributed by atoms with Gasteiger partial charge in [-0.25, -0.2) is 9.59 Å². The van der Waals surface area contributed by atoms with Gasteiger partial charge in [-0.1, -0.05) is 26.2 Å². The number of hydrogen-bond donors (Lipinski definition) is 4. The Hall–Kier alpha value is -2.85. The van der Waals surface area contributed by atoms with Gasteiger partial charge in [0.2, 0.25) is 17.7 Å². The molecule has 40 heavy (non-hydrogen) atoms. The Morgan fingerprint density at radius 1 is 0.800 bits per heavy atom. The van der Waals surface area contributed by atoms with Crippen LogP contribution in [-0.4, -0.2) is 67.2 Å². The molecule has 0 unspecified atom stereocenters. The summed E-state index contributed by atoms with van der Waals surface area (Å²) in [5, 5.41) is 11.2. The molecule has 2 aliphatic carbocycles. The summed E-state index contributed by atoms with van der Waals surface area (Å²) in [4.78, 5) is 62.7. The molecule has 4 amide bonds.